The summed E-state index contributed by atoms with van der Waals surface area (Å²) in [5.74, 6) is 0. The summed E-state index contributed by atoms with van der Waals surface area (Å²) < 4.78 is 28.2. The van der Waals surface area contributed by atoms with E-state index in [9.17, 15) is 8.42 Å². The first kappa shape index (κ1) is 16.4. The summed E-state index contributed by atoms with van der Waals surface area (Å²) in [6.07, 6.45) is 0. The minimum Gasteiger partial charge on any atom is -0.398 e. The molecule has 0 atom stereocenters. The maximum Gasteiger partial charge on any atom is 0.263 e. The lowest BCUT2D eigenvalue weighted by atomic mass is 10.1. The summed E-state index contributed by atoms with van der Waals surface area (Å²) in [5, 5.41) is 0.549. The van der Waals surface area contributed by atoms with Crippen molar-refractivity contribution in [1.29, 1.82) is 0 Å². The molecule has 0 aromatic heterocycles. The Morgan fingerprint density at radius 1 is 1.14 bits per heavy atom. The van der Waals surface area contributed by atoms with Crippen LogP contribution in [0.4, 0.5) is 11.4 Å². The Labute approximate surface area is 142 Å². The van der Waals surface area contributed by atoms with Crippen molar-refractivity contribution in [1.82, 2.24) is 0 Å². The third-order valence-electron chi connectivity index (χ3n) is 3.09. The molecule has 0 heterocycles. The average Bonchev–Trinajstić information content (AvgIpc) is 2.37. The van der Waals surface area contributed by atoms with Crippen LogP contribution in [-0.2, 0) is 10.0 Å². The molecular formula is C14H14ClIN2O2S. The number of sulfonamides is 1. The van der Waals surface area contributed by atoms with Crippen LogP contribution < -0.4 is 10.5 Å². The fourth-order valence-corrected chi connectivity index (χ4v) is 4.28. The van der Waals surface area contributed by atoms with Gasteiger partial charge in [0.25, 0.3) is 10.0 Å². The minimum absolute atomic E-state index is 0.0800. The third-order valence-corrected chi connectivity index (χ3v) is 5.64. The molecule has 7 heteroatoms. The molecule has 2 rings (SSSR count). The maximum atomic E-state index is 12.5. The molecule has 21 heavy (non-hydrogen) atoms. The van der Waals surface area contributed by atoms with Gasteiger partial charge in [-0.3, -0.25) is 4.72 Å². The van der Waals surface area contributed by atoms with Gasteiger partial charge in [0.05, 0.1) is 11.4 Å². The van der Waals surface area contributed by atoms with E-state index in [1.807, 2.05) is 36.4 Å². The molecule has 0 fully saturated rings. The lowest BCUT2D eigenvalue weighted by Crippen LogP contribution is -2.16. The number of anilines is 2. The molecular weight excluding hydrogens is 423 g/mol. The molecule has 0 amide bonds. The largest absolute Gasteiger partial charge is 0.398 e. The molecule has 4 nitrogen and oxygen atoms in total. The fraction of sp³-hybridized carbons (Fsp3) is 0.143. The average molecular weight is 437 g/mol. The standard InChI is InChI=1S/C14H14ClIN2O2S/c1-8-5-12(17)14(6-9(8)2)21(19,20)18-13-4-3-10(15)7-11(13)16/h3-7,18H,17H2,1-2H3. The molecule has 0 aliphatic carbocycles. The van der Waals surface area contributed by atoms with E-state index in [1.54, 1.807) is 30.3 Å². The molecule has 0 radical (unpaired) electrons. The number of nitrogens with two attached hydrogens (primary N) is 1. The zero-order valence-corrected chi connectivity index (χ0v) is 15.2. The predicted molar refractivity (Wildman–Crippen MR) is 95.3 cm³/mol. The van der Waals surface area contributed by atoms with Gasteiger partial charge in [0.2, 0.25) is 0 Å². The summed E-state index contributed by atoms with van der Waals surface area (Å²) in [6.45, 7) is 3.73. The quantitative estimate of drug-likeness (QED) is 0.565. The van der Waals surface area contributed by atoms with E-state index in [4.69, 9.17) is 17.3 Å². The number of nitrogen functional groups attached to an aromatic ring is 1. The molecule has 2 aromatic carbocycles. The highest BCUT2D eigenvalue weighted by Gasteiger charge is 2.19. The van der Waals surface area contributed by atoms with Crippen LogP contribution in [0.5, 0.6) is 0 Å². The van der Waals surface area contributed by atoms with Gasteiger partial charge < -0.3 is 5.73 Å². The lowest BCUT2D eigenvalue weighted by molar-refractivity contribution is 0.601. The number of hydrogen-bond donors (Lipinski definition) is 2. The van der Waals surface area contributed by atoms with Crippen molar-refractivity contribution in [3.8, 4) is 0 Å². The third kappa shape index (κ3) is 3.61. The van der Waals surface area contributed by atoms with E-state index in [0.29, 0.717) is 14.3 Å². The maximum absolute atomic E-state index is 12.5. The zero-order chi connectivity index (χ0) is 15.8. The number of nitrogens with one attached hydrogen (secondary N) is 1. The van der Waals surface area contributed by atoms with Crippen molar-refractivity contribution < 1.29 is 8.42 Å². The summed E-state index contributed by atoms with van der Waals surface area (Å²) >= 11 is 7.89. The minimum atomic E-state index is -3.74. The summed E-state index contributed by atoms with van der Waals surface area (Å²) in [5.41, 5.74) is 8.37. The molecule has 0 aliphatic heterocycles. The monoisotopic (exact) mass is 436 g/mol. The Hall–Kier alpha value is -0.990. The van der Waals surface area contributed by atoms with Crippen LogP contribution in [0.1, 0.15) is 11.1 Å². The van der Waals surface area contributed by atoms with Gasteiger partial charge in [-0.05, 0) is 77.9 Å². The van der Waals surface area contributed by atoms with Crippen molar-refractivity contribution in [2.75, 3.05) is 10.5 Å². The van der Waals surface area contributed by atoms with Crippen molar-refractivity contribution in [2.45, 2.75) is 18.7 Å². The van der Waals surface area contributed by atoms with Crippen LogP contribution in [0.2, 0.25) is 5.02 Å². The van der Waals surface area contributed by atoms with Crippen molar-refractivity contribution in [3.05, 3.63) is 50.1 Å². The van der Waals surface area contributed by atoms with E-state index in [1.165, 1.54) is 0 Å². The van der Waals surface area contributed by atoms with Gasteiger partial charge in [-0.1, -0.05) is 11.6 Å². The van der Waals surface area contributed by atoms with E-state index in [-0.39, 0.29) is 10.6 Å². The first-order valence-corrected chi connectivity index (χ1v) is 8.99. The molecule has 2 aromatic rings. The Morgan fingerprint density at radius 2 is 1.76 bits per heavy atom. The van der Waals surface area contributed by atoms with E-state index in [0.717, 1.165) is 11.1 Å². The molecule has 0 aliphatic rings. The molecule has 0 saturated heterocycles. The van der Waals surface area contributed by atoms with Gasteiger partial charge >= 0.3 is 0 Å². The second-order valence-electron chi connectivity index (χ2n) is 4.70. The van der Waals surface area contributed by atoms with E-state index < -0.39 is 10.0 Å². The SMILES string of the molecule is Cc1cc(N)c(S(=O)(=O)Nc2ccc(Cl)cc2I)cc1C. The second kappa shape index (κ2) is 6.02. The molecule has 0 bridgehead atoms. The van der Waals surface area contributed by atoms with Gasteiger partial charge in [0.1, 0.15) is 4.90 Å². The van der Waals surface area contributed by atoms with Crippen LogP contribution in [0.3, 0.4) is 0 Å². The Kier molecular flexibility index (Phi) is 4.69. The summed E-state index contributed by atoms with van der Waals surface area (Å²) in [4.78, 5) is 0.0800. The highest BCUT2D eigenvalue weighted by atomic mass is 127. The number of benzene rings is 2. The normalized spacial score (nSPS) is 11.4. The Balaban J connectivity index is 2.46. The fourth-order valence-electron chi connectivity index (χ4n) is 1.82. The molecule has 0 saturated carbocycles. The highest BCUT2D eigenvalue weighted by Crippen LogP contribution is 2.28. The highest BCUT2D eigenvalue weighted by molar-refractivity contribution is 14.1. The van der Waals surface area contributed by atoms with Gasteiger partial charge in [-0.2, -0.15) is 0 Å². The number of rotatable bonds is 3. The Bertz CT molecular complexity index is 807. The first-order valence-electron chi connectivity index (χ1n) is 6.05. The van der Waals surface area contributed by atoms with E-state index in [2.05, 4.69) is 4.72 Å². The predicted octanol–water partition coefficient (Wildman–Crippen LogP) is 3.94. The topological polar surface area (TPSA) is 72.2 Å². The van der Waals surface area contributed by atoms with Gasteiger partial charge in [-0.25, -0.2) is 8.42 Å². The van der Waals surface area contributed by atoms with Gasteiger partial charge in [0, 0.05) is 8.59 Å². The van der Waals surface area contributed by atoms with Gasteiger partial charge in [-0.15, -0.1) is 0 Å². The molecule has 0 spiro atoms. The van der Waals surface area contributed by atoms with Crippen LogP contribution in [0.25, 0.3) is 0 Å². The molecule has 112 valence electrons. The lowest BCUT2D eigenvalue weighted by Gasteiger charge is -2.13. The van der Waals surface area contributed by atoms with Crippen molar-refractivity contribution in [2.24, 2.45) is 0 Å². The summed E-state index contributed by atoms with van der Waals surface area (Å²) in [6, 6.07) is 8.18. The molecule has 0 unspecified atom stereocenters. The molecule has 3 N–H and O–H groups in total. The van der Waals surface area contributed by atoms with Crippen molar-refractivity contribution in [3.63, 3.8) is 0 Å². The van der Waals surface area contributed by atoms with Crippen molar-refractivity contribution >= 4 is 55.6 Å². The van der Waals surface area contributed by atoms with Gasteiger partial charge in [0.15, 0.2) is 0 Å². The second-order valence-corrected chi connectivity index (χ2v) is 7.95. The van der Waals surface area contributed by atoms with Crippen LogP contribution in [0.15, 0.2) is 35.2 Å². The Morgan fingerprint density at radius 3 is 2.38 bits per heavy atom. The number of aryl methyl sites for hydroxylation is 2. The first-order chi connectivity index (χ1) is 9.70. The van der Waals surface area contributed by atoms with Crippen LogP contribution in [-0.4, -0.2) is 8.42 Å². The summed E-state index contributed by atoms with van der Waals surface area (Å²) in [7, 11) is -3.74. The number of hydrogen-bond acceptors (Lipinski definition) is 3. The van der Waals surface area contributed by atoms with Crippen LogP contribution in [0, 0.1) is 17.4 Å². The smallest absolute Gasteiger partial charge is 0.263 e. The zero-order valence-electron chi connectivity index (χ0n) is 11.4. The number of halogens is 2. The van der Waals surface area contributed by atoms with E-state index >= 15 is 0 Å². The van der Waals surface area contributed by atoms with Crippen LogP contribution >= 0.6 is 34.2 Å².